The van der Waals surface area contributed by atoms with Gasteiger partial charge in [0.25, 0.3) is 0 Å². The van der Waals surface area contributed by atoms with Crippen LogP contribution in [0.5, 0.6) is 0 Å². The fraction of sp³-hybridized carbons (Fsp3) is 0.909. The molecular weight excluding hydrogens is 180 g/mol. The Morgan fingerprint density at radius 1 is 1.29 bits per heavy atom. The van der Waals surface area contributed by atoms with Crippen LogP contribution >= 0.6 is 0 Å². The molecule has 1 aliphatic carbocycles. The highest BCUT2D eigenvalue weighted by Gasteiger charge is 2.71. The van der Waals surface area contributed by atoms with E-state index in [4.69, 9.17) is 4.74 Å². The molecule has 2 aliphatic rings. The molecule has 0 radical (unpaired) electrons. The monoisotopic (exact) mass is 198 g/mol. The van der Waals surface area contributed by atoms with E-state index in [-0.39, 0.29) is 10.8 Å². The Morgan fingerprint density at radius 2 is 1.79 bits per heavy atom. The van der Waals surface area contributed by atoms with Gasteiger partial charge in [-0.2, -0.15) is 0 Å². The van der Waals surface area contributed by atoms with Crippen molar-refractivity contribution < 1.29 is 14.6 Å². The van der Waals surface area contributed by atoms with Crippen LogP contribution in [0.4, 0.5) is 0 Å². The predicted molar refractivity (Wildman–Crippen MR) is 52.0 cm³/mol. The molecule has 1 saturated heterocycles. The van der Waals surface area contributed by atoms with E-state index in [0.717, 1.165) is 12.8 Å². The standard InChI is InChI=1S/C11H18O3/c1-9(2,3)11(6-14-7-11)10(4-5-10)8(12)13/h4-7H2,1-3H3,(H,12,13). The third-order valence-electron chi connectivity index (χ3n) is 4.21. The van der Waals surface area contributed by atoms with Gasteiger partial charge in [0.05, 0.1) is 18.6 Å². The van der Waals surface area contributed by atoms with E-state index >= 15 is 0 Å². The molecule has 1 N–H and O–H groups in total. The quantitative estimate of drug-likeness (QED) is 0.737. The molecule has 1 aliphatic heterocycles. The van der Waals surface area contributed by atoms with Gasteiger partial charge in [-0.25, -0.2) is 0 Å². The second-order valence-corrected chi connectivity index (χ2v) is 5.71. The molecule has 80 valence electrons. The maximum absolute atomic E-state index is 11.3. The molecule has 0 spiro atoms. The van der Waals surface area contributed by atoms with Gasteiger partial charge in [0.1, 0.15) is 0 Å². The highest BCUT2D eigenvalue weighted by Crippen LogP contribution is 2.68. The van der Waals surface area contributed by atoms with Crippen LogP contribution in [0.3, 0.4) is 0 Å². The molecule has 0 bridgehead atoms. The van der Waals surface area contributed by atoms with Crippen LogP contribution in [-0.2, 0) is 9.53 Å². The number of carbonyl (C=O) groups is 1. The lowest BCUT2D eigenvalue weighted by atomic mass is 9.56. The minimum atomic E-state index is -0.629. The van der Waals surface area contributed by atoms with Gasteiger partial charge in [-0.1, -0.05) is 20.8 Å². The smallest absolute Gasteiger partial charge is 0.310 e. The molecule has 3 nitrogen and oxygen atoms in total. The highest BCUT2D eigenvalue weighted by molar-refractivity contribution is 5.79. The molecule has 0 aromatic heterocycles. The van der Waals surface area contributed by atoms with E-state index < -0.39 is 11.4 Å². The first-order valence-electron chi connectivity index (χ1n) is 5.17. The average molecular weight is 198 g/mol. The normalized spacial score (nSPS) is 27.9. The third kappa shape index (κ3) is 0.937. The first-order chi connectivity index (χ1) is 6.36. The van der Waals surface area contributed by atoms with E-state index in [1.54, 1.807) is 0 Å². The van der Waals surface area contributed by atoms with Crippen molar-refractivity contribution in [1.82, 2.24) is 0 Å². The van der Waals surface area contributed by atoms with Crippen LogP contribution in [-0.4, -0.2) is 24.3 Å². The number of ether oxygens (including phenoxy) is 1. The maximum Gasteiger partial charge on any atom is 0.310 e. The van der Waals surface area contributed by atoms with Crippen molar-refractivity contribution in [3.8, 4) is 0 Å². The molecule has 0 atom stereocenters. The number of hydrogen-bond donors (Lipinski definition) is 1. The largest absolute Gasteiger partial charge is 0.481 e. The predicted octanol–water partition coefficient (Wildman–Crippen LogP) is 1.91. The molecule has 1 heterocycles. The first kappa shape index (κ1) is 9.97. The van der Waals surface area contributed by atoms with Gasteiger partial charge in [0, 0.05) is 5.41 Å². The topological polar surface area (TPSA) is 46.5 Å². The molecule has 0 amide bonds. The van der Waals surface area contributed by atoms with Crippen molar-refractivity contribution in [2.24, 2.45) is 16.2 Å². The van der Waals surface area contributed by atoms with Crippen LogP contribution < -0.4 is 0 Å². The minimum absolute atomic E-state index is 0.0140. The molecule has 1 saturated carbocycles. The number of carboxylic acid groups (broad SMARTS) is 1. The van der Waals surface area contributed by atoms with Gasteiger partial charge in [-0.15, -0.1) is 0 Å². The van der Waals surface area contributed by atoms with E-state index in [1.165, 1.54) is 0 Å². The third-order valence-corrected chi connectivity index (χ3v) is 4.21. The SMILES string of the molecule is CC(C)(C)C1(C2(C(=O)O)CC2)COC1. The number of carboxylic acids is 1. The summed E-state index contributed by atoms with van der Waals surface area (Å²) in [5.41, 5.74) is -0.602. The Morgan fingerprint density at radius 3 is 1.86 bits per heavy atom. The Hall–Kier alpha value is -0.570. The highest BCUT2D eigenvalue weighted by atomic mass is 16.5. The van der Waals surface area contributed by atoms with Crippen molar-refractivity contribution in [1.29, 1.82) is 0 Å². The van der Waals surface area contributed by atoms with Crippen molar-refractivity contribution in [3.05, 3.63) is 0 Å². The second kappa shape index (κ2) is 2.51. The Labute approximate surface area is 84.4 Å². The summed E-state index contributed by atoms with van der Waals surface area (Å²) in [6.45, 7) is 7.60. The molecule has 0 aromatic carbocycles. The Kier molecular flexibility index (Phi) is 1.79. The van der Waals surface area contributed by atoms with Crippen molar-refractivity contribution >= 4 is 5.97 Å². The summed E-state index contributed by atoms with van der Waals surface area (Å²) in [6, 6.07) is 0. The van der Waals surface area contributed by atoms with Gasteiger partial charge < -0.3 is 9.84 Å². The maximum atomic E-state index is 11.3. The fourth-order valence-electron chi connectivity index (χ4n) is 2.76. The summed E-state index contributed by atoms with van der Waals surface area (Å²) in [5, 5.41) is 9.31. The number of rotatable bonds is 2. The lowest BCUT2D eigenvalue weighted by Crippen LogP contribution is -2.59. The zero-order valence-corrected chi connectivity index (χ0v) is 9.09. The molecule has 2 fully saturated rings. The van der Waals surface area contributed by atoms with Gasteiger partial charge in [0.15, 0.2) is 0 Å². The molecule has 14 heavy (non-hydrogen) atoms. The molecule has 3 heteroatoms. The van der Waals surface area contributed by atoms with Gasteiger partial charge >= 0.3 is 5.97 Å². The number of aliphatic carboxylic acids is 1. The van der Waals surface area contributed by atoms with Gasteiger partial charge in [-0.05, 0) is 18.3 Å². The number of hydrogen-bond acceptors (Lipinski definition) is 2. The van der Waals surface area contributed by atoms with Crippen LogP contribution in [0.2, 0.25) is 0 Å². The van der Waals surface area contributed by atoms with Gasteiger partial charge in [0.2, 0.25) is 0 Å². The lowest BCUT2D eigenvalue weighted by Gasteiger charge is -2.54. The first-order valence-corrected chi connectivity index (χ1v) is 5.17. The van der Waals surface area contributed by atoms with Crippen molar-refractivity contribution in [2.75, 3.05) is 13.2 Å². The zero-order chi connectivity index (χ0) is 10.6. The van der Waals surface area contributed by atoms with E-state index in [1.807, 2.05) is 0 Å². The molecular formula is C11H18O3. The van der Waals surface area contributed by atoms with Gasteiger partial charge in [-0.3, -0.25) is 4.79 Å². The summed E-state index contributed by atoms with van der Waals surface area (Å²) in [5.74, 6) is -0.629. The van der Waals surface area contributed by atoms with Crippen LogP contribution in [0.25, 0.3) is 0 Å². The summed E-state index contributed by atoms with van der Waals surface area (Å²) < 4.78 is 5.28. The average Bonchev–Trinajstić information content (AvgIpc) is 2.61. The van der Waals surface area contributed by atoms with E-state index in [9.17, 15) is 9.90 Å². The zero-order valence-electron chi connectivity index (χ0n) is 9.09. The lowest BCUT2D eigenvalue weighted by molar-refractivity contribution is -0.219. The summed E-state index contributed by atoms with van der Waals surface area (Å²) in [7, 11) is 0. The van der Waals surface area contributed by atoms with Crippen LogP contribution in [0, 0.1) is 16.2 Å². The van der Waals surface area contributed by atoms with Crippen molar-refractivity contribution in [3.63, 3.8) is 0 Å². The molecule has 0 aromatic rings. The van der Waals surface area contributed by atoms with Crippen LogP contribution in [0.15, 0.2) is 0 Å². The minimum Gasteiger partial charge on any atom is -0.481 e. The Bertz CT molecular complexity index is 267. The second-order valence-electron chi connectivity index (χ2n) is 5.71. The van der Waals surface area contributed by atoms with E-state index in [0.29, 0.717) is 13.2 Å². The van der Waals surface area contributed by atoms with Crippen molar-refractivity contribution in [2.45, 2.75) is 33.6 Å². The summed E-state index contributed by atoms with van der Waals surface area (Å²) in [4.78, 5) is 11.3. The summed E-state index contributed by atoms with van der Waals surface area (Å²) in [6.07, 6.45) is 1.64. The Balaban J connectivity index is 2.34. The van der Waals surface area contributed by atoms with Crippen LogP contribution in [0.1, 0.15) is 33.6 Å². The fourth-order valence-corrected chi connectivity index (χ4v) is 2.76. The molecule has 0 unspecified atom stereocenters. The molecule has 2 rings (SSSR count). The summed E-state index contributed by atoms with van der Waals surface area (Å²) >= 11 is 0. The van der Waals surface area contributed by atoms with E-state index in [2.05, 4.69) is 20.8 Å².